The van der Waals surface area contributed by atoms with E-state index in [1.807, 2.05) is 11.9 Å². The molecule has 4 rings (SSSR count). The molecule has 2 aliphatic carbocycles. The van der Waals surface area contributed by atoms with Crippen LogP contribution < -0.4 is 0 Å². The van der Waals surface area contributed by atoms with Gasteiger partial charge in [-0.3, -0.25) is 4.79 Å². The third-order valence-electron chi connectivity index (χ3n) is 5.31. The van der Waals surface area contributed by atoms with Crippen LogP contribution in [0, 0.1) is 17.8 Å². The van der Waals surface area contributed by atoms with Gasteiger partial charge in [0.1, 0.15) is 6.10 Å². The number of fused-ring (bicyclic) bond motifs is 1. The van der Waals surface area contributed by atoms with Gasteiger partial charge in [0.15, 0.2) is 0 Å². The maximum atomic E-state index is 12.3. The second-order valence-electron chi connectivity index (χ2n) is 7.04. The zero-order valence-electron chi connectivity index (χ0n) is 11.8. The fourth-order valence-electron chi connectivity index (χ4n) is 3.68. The Labute approximate surface area is 115 Å². The molecule has 0 unspecified atom stereocenters. The molecule has 0 aromatic carbocycles. The lowest BCUT2D eigenvalue weighted by molar-refractivity contribution is -0.138. The highest BCUT2D eigenvalue weighted by molar-refractivity contribution is 5.84. The minimum Gasteiger partial charge on any atom is -0.368 e. The molecular weight excluding hydrogens is 240 g/mol. The summed E-state index contributed by atoms with van der Waals surface area (Å²) in [7, 11) is 1.96. The first-order valence-electron chi connectivity index (χ1n) is 7.83. The van der Waals surface area contributed by atoms with Gasteiger partial charge in [0.25, 0.3) is 5.91 Å². The van der Waals surface area contributed by atoms with Gasteiger partial charge in [0, 0.05) is 32.6 Å². The Morgan fingerprint density at radius 2 is 1.89 bits per heavy atom. The number of ether oxygens (including phenoxy) is 1. The summed E-state index contributed by atoms with van der Waals surface area (Å²) in [5.74, 6) is 2.31. The van der Waals surface area contributed by atoms with Gasteiger partial charge < -0.3 is 14.5 Å². The van der Waals surface area contributed by atoms with Crippen molar-refractivity contribution in [2.24, 2.45) is 17.8 Å². The van der Waals surface area contributed by atoms with Crippen molar-refractivity contribution in [1.82, 2.24) is 9.80 Å². The zero-order valence-corrected chi connectivity index (χ0v) is 11.8. The molecule has 0 aromatic rings. The van der Waals surface area contributed by atoms with Crippen LogP contribution in [-0.2, 0) is 9.53 Å². The number of rotatable bonds is 5. The van der Waals surface area contributed by atoms with Gasteiger partial charge in [-0.15, -0.1) is 0 Å². The van der Waals surface area contributed by atoms with E-state index in [-0.39, 0.29) is 12.0 Å². The first kappa shape index (κ1) is 12.2. The normalized spacial score (nSPS) is 39.1. The molecule has 0 bridgehead atoms. The first-order valence-corrected chi connectivity index (χ1v) is 7.83. The van der Waals surface area contributed by atoms with E-state index in [0.717, 1.165) is 31.5 Å². The van der Waals surface area contributed by atoms with E-state index in [9.17, 15) is 4.79 Å². The molecule has 0 spiro atoms. The van der Waals surface area contributed by atoms with Gasteiger partial charge in [-0.2, -0.15) is 0 Å². The van der Waals surface area contributed by atoms with E-state index in [1.165, 1.54) is 32.2 Å². The molecule has 0 aromatic heterocycles. The molecule has 2 saturated carbocycles. The maximum absolute atomic E-state index is 12.3. The molecule has 3 atom stereocenters. The van der Waals surface area contributed by atoms with E-state index in [1.54, 1.807) is 0 Å². The number of hydrogen-bond donors (Lipinski definition) is 0. The molecule has 4 aliphatic rings. The lowest BCUT2D eigenvalue weighted by Crippen LogP contribution is -2.37. The van der Waals surface area contributed by atoms with Crippen molar-refractivity contribution in [3.8, 4) is 0 Å². The van der Waals surface area contributed by atoms with Crippen LogP contribution in [0.1, 0.15) is 25.7 Å². The predicted octanol–water partition coefficient (Wildman–Crippen LogP) is 0.964. The van der Waals surface area contributed by atoms with Crippen molar-refractivity contribution in [3.05, 3.63) is 0 Å². The third-order valence-corrected chi connectivity index (χ3v) is 5.31. The number of amides is 1. The van der Waals surface area contributed by atoms with E-state index in [2.05, 4.69) is 4.90 Å². The quantitative estimate of drug-likeness (QED) is 0.741. The summed E-state index contributed by atoms with van der Waals surface area (Å²) in [5.41, 5.74) is 0. The largest absolute Gasteiger partial charge is 0.368 e. The van der Waals surface area contributed by atoms with Crippen LogP contribution in [-0.4, -0.2) is 61.1 Å². The lowest BCUT2D eigenvalue weighted by atomic mass is 10.0. The molecule has 4 fully saturated rings. The van der Waals surface area contributed by atoms with Crippen molar-refractivity contribution in [2.75, 3.05) is 33.3 Å². The van der Waals surface area contributed by atoms with Crippen molar-refractivity contribution in [1.29, 1.82) is 0 Å². The average molecular weight is 264 g/mol. The van der Waals surface area contributed by atoms with Crippen molar-refractivity contribution in [3.63, 3.8) is 0 Å². The molecule has 2 heterocycles. The highest BCUT2D eigenvalue weighted by atomic mass is 16.5. The summed E-state index contributed by atoms with van der Waals surface area (Å²) in [6.45, 7) is 4.17. The van der Waals surface area contributed by atoms with Gasteiger partial charge in [0.2, 0.25) is 0 Å². The van der Waals surface area contributed by atoms with E-state index < -0.39 is 0 Å². The Kier molecular flexibility index (Phi) is 2.85. The zero-order chi connectivity index (χ0) is 13.0. The number of nitrogens with zero attached hydrogens (tertiary/aromatic N) is 2. The minimum absolute atomic E-state index is 0.153. The van der Waals surface area contributed by atoms with Crippen LogP contribution in [0.2, 0.25) is 0 Å². The van der Waals surface area contributed by atoms with Gasteiger partial charge in [-0.1, -0.05) is 0 Å². The number of likely N-dealkylation sites (tertiary alicyclic amines) is 2. The van der Waals surface area contributed by atoms with Crippen LogP contribution >= 0.6 is 0 Å². The highest BCUT2D eigenvalue weighted by Gasteiger charge is 2.52. The van der Waals surface area contributed by atoms with Crippen molar-refractivity contribution in [2.45, 2.75) is 37.8 Å². The van der Waals surface area contributed by atoms with Crippen LogP contribution in [0.3, 0.4) is 0 Å². The van der Waals surface area contributed by atoms with Crippen molar-refractivity contribution < 1.29 is 9.53 Å². The summed E-state index contributed by atoms with van der Waals surface area (Å²) >= 11 is 0. The Bertz CT molecular complexity index is 378. The molecular formula is C15H24N2O2. The molecule has 4 nitrogen and oxygen atoms in total. The van der Waals surface area contributed by atoms with E-state index in [0.29, 0.717) is 12.0 Å². The van der Waals surface area contributed by atoms with Crippen LogP contribution in [0.15, 0.2) is 0 Å². The van der Waals surface area contributed by atoms with Crippen LogP contribution in [0.4, 0.5) is 0 Å². The summed E-state index contributed by atoms with van der Waals surface area (Å²) in [6, 6.07) is 0.399. The minimum atomic E-state index is -0.153. The maximum Gasteiger partial charge on any atom is 0.252 e. The Morgan fingerprint density at radius 1 is 1.16 bits per heavy atom. The Morgan fingerprint density at radius 3 is 2.58 bits per heavy atom. The Balaban J connectivity index is 1.40. The lowest BCUT2D eigenvalue weighted by Gasteiger charge is -2.21. The van der Waals surface area contributed by atoms with E-state index in [4.69, 9.17) is 4.74 Å². The fourth-order valence-corrected chi connectivity index (χ4v) is 3.68. The van der Waals surface area contributed by atoms with Gasteiger partial charge in [-0.25, -0.2) is 0 Å². The molecule has 2 saturated heterocycles. The van der Waals surface area contributed by atoms with Gasteiger partial charge in [0.05, 0.1) is 12.6 Å². The second-order valence-corrected chi connectivity index (χ2v) is 7.04. The van der Waals surface area contributed by atoms with Gasteiger partial charge >= 0.3 is 0 Å². The highest BCUT2D eigenvalue weighted by Crippen LogP contribution is 2.38. The summed E-state index contributed by atoms with van der Waals surface area (Å²) in [4.78, 5) is 16.8. The average Bonchev–Trinajstić information content (AvgIpc) is 3.28. The second kappa shape index (κ2) is 4.45. The van der Waals surface area contributed by atoms with Gasteiger partial charge in [-0.05, 0) is 37.5 Å². The summed E-state index contributed by atoms with van der Waals surface area (Å²) in [6.07, 6.45) is 5.24. The smallest absolute Gasteiger partial charge is 0.252 e. The van der Waals surface area contributed by atoms with Crippen LogP contribution in [0.5, 0.6) is 0 Å². The third kappa shape index (κ3) is 2.29. The van der Waals surface area contributed by atoms with Crippen LogP contribution in [0.25, 0.3) is 0 Å². The number of carbonyl (C=O) groups excluding carboxylic acids is 1. The number of hydrogen-bond acceptors (Lipinski definition) is 3. The molecule has 2 aliphatic heterocycles. The van der Waals surface area contributed by atoms with Crippen molar-refractivity contribution >= 4 is 5.91 Å². The summed E-state index contributed by atoms with van der Waals surface area (Å²) in [5, 5.41) is 0. The fraction of sp³-hybridized carbons (Fsp3) is 0.933. The predicted molar refractivity (Wildman–Crippen MR) is 71.7 cm³/mol. The first-order chi connectivity index (χ1) is 9.22. The molecule has 19 heavy (non-hydrogen) atoms. The summed E-state index contributed by atoms with van der Waals surface area (Å²) < 4.78 is 5.97. The molecule has 4 heteroatoms. The standard InChI is InChI=1S/C15H24N2O2/c1-16-13-8-17(6-10-2-3-10)7-12(13)14(15(16)18)19-9-11-4-5-11/h10-14H,2-9H2,1H3/t12-,13+,14-/m0/s1. The molecule has 106 valence electrons. The molecule has 1 amide bonds. The molecule has 0 radical (unpaired) electrons. The Hall–Kier alpha value is -0.610. The molecule has 0 N–H and O–H groups in total. The monoisotopic (exact) mass is 264 g/mol. The SMILES string of the molecule is CN1C(=O)[C@@H](OCC2CC2)[C@H]2CN(CC3CC3)C[C@H]21. The topological polar surface area (TPSA) is 32.8 Å². The van der Waals surface area contributed by atoms with E-state index >= 15 is 0 Å². The number of carbonyl (C=O) groups is 1. The number of likely N-dealkylation sites (N-methyl/N-ethyl adjacent to an activating group) is 1.